The number of hydrogen-bond donors (Lipinski definition) is 3. The molecule has 1 aromatic heterocycles. The third kappa shape index (κ3) is 4.84. The predicted molar refractivity (Wildman–Crippen MR) is 121 cm³/mol. The molecule has 3 rings (SSSR count). The standard InChI is InChI=1S/C21H19BrN6O3/c1-11-5-3-4-6-15(11)26-17(29)10-31-19-14(22)7-12(8-16(19)30-2)18-13(9-23)20(24)28-21(25)27-18/h3-8H,10H2,1-2H3,(H,26,29)(H4,24,25,27,28). The molecule has 0 unspecified atom stereocenters. The number of hydrogen-bond acceptors (Lipinski definition) is 8. The van der Waals surface area contributed by atoms with Gasteiger partial charge in [0.1, 0.15) is 17.5 Å². The van der Waals surface area contributed by atoms with Crippen molar-refractivity contribution >= 4 is 39.3 Å². The molecule has 0 aliphatic heterocycles. The van der Waals surface area contributed by atoms with Gasteiger partial charge < -0.3 is 26.3 Å². The van der Waals surface area contributed by atoms with Crippen LogP contribution in [-0.2, 0) is 4.79 Å². The fourth-order valence-corrected chi connectivity index (χ4v) is 3.41. The van der Waals surface area contributed by atoms with E-state index in [1.165, 1.54) is 7.11 Å². The summed E-state index contributed by atoms with van der Waals surface area (Å²) in [5.41, 5.74) is 14.0. The molecular formula is C21H19BrN6O3. The molecule has 0 saturated carbocycles. The highest BCUT2D eigenvalue weighted by Gasteiger charge is 2.19. The summed E-state index contributed by atoms with van der Waals surface area (Å²) >= 11 is 3.42. The van der Waals surface area contributed by atoms with E-state index in [1.807, 2.05) is 37.3 Å². The molecule has 0 bridgehead atoms. The van der Waals surface area contributed by atoms with Crippen molar-refractivity contribution in [2.45, 2.75) is 6.92 Å². The number of nitrogens with one attached hydrogen (secondary N) is 1. The zero-order valence-corrected chi connectivity index (χ0v) is 18.4. The Hall–Kier alpha value is -3.84. The van der Waals surface area contributed by atoms with Gasteiger partial charge in [0.2, 0.25) is 5.95 Å². The smallest absolute Gasteiger partial charge is 0.262 e. The number of benzene rings is 2. The van der Waals surface area contributed by atoms with Crippen molar-refractivity contribution in [3.05, 3.63) is 52.0 Å². The van der Waals surface area contributed by atoms with E-state index in [1.54, 1.807) is 12.1 Å². The number of anilines is 3. The number of carbonyl (C=O) groups is 1. The average molecular weight is 483 g/mol. The van der Waals surface area contributed by atoms with Gasteiger partial charge in [-0.3, -0.25) is 4.79 Å². The summed E-state index contributed by atoms with van der Waals surface area (Å²) in [6.07, 6.45) is 0. The first kappa shape index (κ1) is 21.9. The number of ether oxygens (including phenoxy) is 2. The maximum absolute atomic E-state index is 12.3. The molecule has 0 aliphatic carbocycles. The molecule has 9 nitrogen and oxygen atoms in total. The van der Waals surface area contributed by atoms with Crippen LogP contribution in [0.5, 0.6) is 11.5 Å². The van der Waals surface area contributed by atoms with E-state index in [2.05, 4.69) is 31.2 Å². The lowest BCUT2D eigenvalue weighted by Gasteiger charge is -2.15. The fraction of sp³-hybridized carbons (Fsp3) is 0.143. The lowest BCUT2D eigenvalue weighted by atomic mass is 10.1. The molecule has 31 heavy (non-hydrogen) atoms. The minimum Gasteiger partial charge on any atom is -0.493 e. The highest BCUT2D eigenvalue weighted by molar-refractivity contribution is 9.10. The molecule has 3 aromatic rings. The topological polar surface area (TPSA) is 149 Å². The van der Waals surface area contributed by atoms with E-state index in [0.717, 1.165) is 5.56 Å². The van der Waals surface area contributed by atoms with Crippen LogP contribution < -0.4 is 26.3 Å². The van der Waals surface area contributed by atoms with Crippen LogP contribution in [0.3, 0.4) is 0 Å². The number of nitriles is 1. The van der Waals surface area contributed by atoms with Crippen LogP contribution in [0.2, 0.25) is 0 Å². The number of aryl methyl sites for hydroxylation is 1. The Bertz CT molecular complexity index is 1190. The first-order valence-electron chi connectivity index (χ1n) is 9.03. The van der Waals surface area contributed by atoms with Crippen LogP contribution in [0.4, 0.5) is 17.5 Å². The van der Waals surface area contributed by atoms with Gasteiger partial charge in [-0.15, -0.1) is 0 Å². The normalized spacial score (nSPS) is 10.3. The Labute approximate surface area is 187 Å². The third-order valence-electron chi connectivity index (χ3n) is 4.34. The molecule has 0 radical (unpaired) electrons. The molecule has 0 atom stereocenters. The van der Waals surface area contributed by atoms with E-state index in [4.69, 9.17) is 20.9 Å². The number of nitrogens with zero attached hydrogens (tertiary/aromatic N) is 3. The van der Waals surface area contributed by atoms with Gasteiger partial charge in [0.05, 0.1) is 17.3 Å². The molecule has 1 amide bonds. The molecule has 10 heteroatoms. The number of para-hydroxylation sites is 1. The second kappa shape index (κ2) is 9.32. The maximum atomic E-state index is 12.3. The number of aromatic nitrogens is 2. The van der Waals surface area contributed by atoms with E-state index < -0.39 is 0 Å². The summed E-state index contributed by atoms with van der Waals surface area (Å²) < 4.78 is 11.6. The molecule has 0 spiro atoms. The third-order valence-corrected chi connectivity index (χ3v) is 4.92. The second-order valence-electron chi connectivity index (χ2n) is 6.44. The number of nitrogen functional groups attached to an aromatic ring is 2. The number of methoxy groups -OCH3 is 1. The predicted octanol–water partition coefficient (Wildman–Crippen LogP) is 3.28. The summed E-state index contributed by atoms with van der Waals surface area (Å²) in [4.78, 5) is 20.3. The van der Waals surface area contributed by atoms with Crippen molar-refractivity contribution in [1.29, 1.82) is 5.26 Å². The minimum atomic E-state index is -0.324. The monoisotopic (exact) mass is 482 g/mol. The largest absolute Gasteiger partial charge is 0.493 e. The zero-order chi connectivity index (χ0) is 22.5. The van der Waals surface area contributed by atoms with Gasteiger partial charge in [-0.05, 0) is 46.6 Å². The van der Waals surface area contributed by atoms with E-state index in [0.29, 0.717) is 27.2 Å². The van der Waals surface area contributed by atoms with Gasteiger partial charge in [0, 0.05) is 11.3 Å². The summed E-state index contributed by atoms with van der Waals surface area (Å²) in [6, 6.07) is 12.7. The van der Waals surface area contributed by atoms with Crippen molar-refractivity contribution in [2.24, 2.45) is 0 Å². The molecule has 0 aliphatic rings. The summed E-state index contributed by atoms with van der Waals surface area (Å²) in [5.74, 6) is 0.242. The number of carbonyl (C=O) groups excluding carboxylic acids is 1. The van der Waals surface area contributed by atoms with Crippen molar-refractivity contribution in [2.75, 3.05) is 30.5 Å². The summed E-state index contributed by atoms with van der Waals surface area (Å²) in [7, 11) is 1.46. The zero-order valence-electron chi connectivity index (χ0n) is 16.8. The molecule has 158 valence electrons. The van der Waals surface area contributed by atoms with E-state index in [9.17, 15) is 10.1 Å². The highest BCUT2D eigenvalue weighted by Crippen LogP contribution is 2.40. The summed E-state index contributed by atoms with van der Waals surface area (Å²) in [5, 5.41) is 12.2. The lowest BCUT2D eigenvalue weighted by molar-refractivity contribution is -0.118. The van der Waals surface area contributed by atoms with Gasteiger partial charge in [-0.1, -0.05) is 18.2 Å². The molecule has 5 N–H and O–H groups in total. The van der Waals surface area contributed by atoms with Gasteiger partial charge in [0.15, 0.2) is 18.1 Å². The fourth-order valence-electron chi connectivity index (χ4n) is 2.85. The molecule has 0 fully saturated rings. The highest BCUT2D eigenvalue weighted by atomic mass is 79.9. The molecule has 1 heterocycles. The van der Waals surface area contributed by atoms with Crippen LogP contribution >= 0.6 is 15.9 Å². The van der Waals surface area contributed by atoms with Crippen molar-refractivity contribution < 1.29 is 14.3 Å². The molecule has 0 saturated heterocycles. The number of nitrogens with two attached hydrogens (primary N) is 2. The number of halogens is 1. The number of amides is 1. The van der Waals surface area contributed by atoms with Crippen LogP contribution in [0.15, 0.2) is 40.9 Å². The average Bonchev–Trinajstić information content (AvgIpc) is 2.73. The van der Waals surface area contributed by atoms with Crippen LogP contribution in [0, 0.1) is 18.3 Å². The van der Waals surface area contributed by atoms with E-state index >= 15 is 0 Å². The quantitative estimate of drug-likeness (QED) is 0.484. The maximum Gasteiger partial charge on any atom is 0.262 e. The lowest BCUT2D eigenvalue weighted by Crippen LogP contribution is -2.21. The first-order valence-corrected chi connectivity index (χ1v) is 9.82. The van der Waals surface area contributed by atoms with Gasteiger partial charge >= 0.3 is 0 Å². The van der Waals surface area contributed by atoms with Gasteiger partial charge in [-0.2, -0.15) is 10.2 Å². The Balaban J connectivity index is 1.86. The number of rotatable bonds is 6. The van der Waals surface area contributed by atoms with Crippen LogP contribution in [0.25, 0.3) is 11.3 Å². The van der Waals surface area contributed by atoms with E-state index in [-0.39, 0.29) is 35.5 Å². The van der Waals surface area contributed by atoms with Gasteiger partial charge in [0.25, 0.3) is 5.91 Å². The molecular weight excluding hydrogens is 464 g/mol. The van der Waals surface area contributed by atoms with Crippen LogP contribution in [-0.4, -0.2) is 29.6 Å². The van der Waals surface area contributed by atoms with Crippen molar-refractivity contribution in [3.63, 3.8) is 0 Å². The van der Waals surface area contributed by atoms with Crippen LogP contribution in [0.1, 0.15) is 11.1 Å². The Morgan fingerprint density at radius 3 is 2.68 bits per heavy atom. The Morgan fingerprint density at radius 1 is 1.26 bits per heavy atom. The molecule has 2 aromatic carbocycles. The Morgan fingerprint density at radius 2 is 2.00 bits per heavy atom. The minimum absolute atomic E-state index is 0.0201. The van der Waals surface area contributed by atoms with Gasteiger partial charge in [-0.25, -0.2) is 4.98 Å². The van der Waals surface area contributed by atoms with Crippen molar-refractivity contribution in [3.8, 4) is 28.8 Å². The Kier molecular flexibility index (Phi) is 6.57. The SMILES string of the molecule is COc1cc(-c2nc(N)nc(N)c2C#N)cc(Br)c1OCC(=O)Nc1ccccc1C. The second-order valence-corrected chi connectivity index (χ2v) is 7.30. The summed E-state index contributed by atoms with van der Waals surface area (Å²) in [6.45, 7) is 1.66. The first-order chi connectivity index (χ1) is 14.8. The van der Waals surface area contributed by atoms with Crippen molar-refractivity contribution in [1.82, 2.24) is 9.97 Å².